The molecule has 0 aromatic heterocycles. The number of rotatable bonds is 8. The van der Waals surface area contributed by atoms with Crippen LogP contribution in [0.15, 0.2) is 48.5 Å². The first-order chi connectivity index (χ1) is 13.8. The van der Waals surface area contributed by atoms with Gasteiger partial charge in [-0.15, -0.1) is 0 Å². The van der Waals surface area contributed by atoms with Gasteiger partial charge in [-0.25, -0.2) is 13.2 Å². The summed E-state index contributed by atoms with van der Waals surface area (Å²) in [5.74, 6) is 1.18. The predicted octanol–water partition coefficient (Wildman–Crippen LogP) is 2.34. The lowest BCUT2D eigenvalue weighted by atomic mass is 10.2. The molecule has 1 aliphatic rings. The van der Waals surface area contributed by atoms with Crippen LogP contribution < -0.4 is 14.8 Å². The number of imide groups is 1. The zero-order valence-electron chi connectivity index (χ0n) is 16.1. The highest BCUT2D eigenvalue weighted by atomic mass is 32.2. The second-order valence-electron chi connectivity index (χ2n) is 6.74. The monoisotopic (exact) mass is 418 g/mol. The van der Waals surface area contributed by atoms with Gasteiger partial charge in [-0.2, -0.15) is 0 Å². The number of urea groups is 1. The molecule has 1 saturated heterocycles. The van der Waals surface area contributed by atoms with Crippen LogP contribution in [-0.2, 0) is 21.2 Å². The number of ether oxygens (including phenoxy) is 2. The Labute approximate surface area is 169 Å². The second kappa shape index (κ2) is 8.52. The summed E-state index contributed by atoms with van der Waals surface area (Å²) >= 11 is 0. The van der Waals surface area contributed by atoms with Crippen LogP contribution in [-0.4, -0.2) is 50.4 Å². The van der Waals surface area contributed by atoms with Gasteiger partial charge in [-0.1, -0.05) is 24.3 Å². The van der Waals surface area contributed by atoms with Crippen molar-refractivity contribution in [1.82, 2.24) is 10.2 Å². The molecular formula is C20H22N2O6S. The van der Waals surface area contributed by atoms with Crippen molar-refractivity contribution in [3.63, 3.8) is 0 Å². The molecule has 0 radical (unpaired) electrons. The lowest BCUT2D eigenvalue weighted by molar-refractivity contribution is -0.127. The molecular weight excluding hydrogens is 396 g/mol. The highest BCUT2D eigenvalue weighted by Gasteiger charge is 2.37. The molecule has 0 spiro atoms. The van der Waals surface area contributed by atoms with Gasteiger partial charge in [0.25, 0.3) is 5.91 Å². The third kappa shape index (κ3) is 5.26. The van der Waals surface area contributed by atoms with Crippen LogP contribution in [0.1, 0.15) is 12.0 Å². The maximum absolute atomic E-state index is 12.4. The van der Waals surface area contributed by atoms with Crippen molar-refractivity contribution in [3.8, 4) is 17.2 Å². The van der Waals surface area contributed by atoms with E-state index in [0.29, 0.717) is 17.2 Å². The first-order valence-electron chi connectivity index (χ1n) is 8.96. The van der Waals surface area contributed by atoms with E-state index in [1.54, 1.807) is 43.5 Å². The van der Waals surface area contributed by atoms with E-state index in [2.05, 4.69) is 5.32 Å². The molecule has 1 aliphatic heterocycles. The topological polar surface area (TPSA) is 102 Å². The van der Waals surface area contributed by atoms with E-state index in [-0.39, 0.29) is 18.7 Å². The van der Waals surface area contributed by atoms with Crippen LogP contribution >= 0.6 is 0 Å². The second-order valence-corrected chi connectivity index (χ2v) is 9.00. The molecule has 0 saturated carbocycles. The molecule has 0 bridgehead atoms. The van der Waals surface area contributed by atoms with Crippen molar-refractivity contribution in [1.29, 1.82) is 0 Å². The molecule has 0 unspecified atom stereocenters. The predicted molar refractivity (Wildman–Crippen MR) is 107 cm³/mol. The summed E-state index contributed by atoms with van der Waals surface area (Å²) < 4.78 is 33.6. The Kier molecular flexibility index (Phi) is 6.07. The van der Waals surface area contributed by atoms with E-state index in [1.807, 2.05) is 12.1 Å². The zero-order valence-corrected chi connectivity index (χ0v) is 16.9. The first-order valence-corrected chi connectivity index (χ1v) is 11.0. The van der Waals surface area contributed by atoms with Crippen molar-refractivity contribution < 1.29 is 27.5 Å². The quantitative estimate of drug-likeness (QED) is 0.660. The summed E-state index contributed by atoms with van der Waals surface area (Å²) in [6.45, 7) is 0.0922. The molecule has 154 valence electrons. The summed E-state index contributed by atoms with van der Waals surface area (Å²) in [5.41, 5.74) is 0.740. The van der Waals surface area contributed by atoms with Crippen LogP contribution in [0.3, 0.4) is 0 Å². The Hall–Kier alpha value is -3.07. The van der Waals surface area contributed by atoms with Gasteiger partial charge in [-0.05, 0) is 36.2 Å². The minimum Gasteiger partial charge on any atom is -0.493 e. The molecule has 1 N–H and O–H groups in total. The fourth-order valence-electron chi connectivity index (χ4n) is 2.93. The molecule has 1 atom stereocenters. The Bertz CT molecular complexity index is 1000. The summed E-state index contributed by atoms with van der Waals surface area (Å²) in [6, 6.07) is 12.9. The number of sulfone groups is 1. The number of hydrogen-bond donors (Lipinski definition) is 1. The van der Waals surface area contributed by atoms with E-state index in [4.69, 9.17) is 9.47 Å². The van der Waals surface area contributed by atoms with Crippen molar-refractivity contribution >= 4 is 21.8 Å². The van der Waals surface area contributed by atoms with Gasteiger partial charge < -0.3 is 14.8 Å². The van der Waals surface area contributed by atoms with Gasteiger partial charge in [0.05, 0.1) is 19.4 Å². The summed E-state index contributed by atoms with van der Waals surface area (Å²) in [5, 5.41) is 2.54. The van der Waals surface area contributed by atoms with E-state index < -0.39 is 27.8 Å². The van der Waals surface area contributed by atoms with Crippen LogP contribution in [0.4, 0.5) is 4.79 Å². The Morgan fingerprint density at radius 3 is 2.31 bits per heavy atom. The average Bonchev–Trinajstić information content (AvgIpc) is 2.95. The number of benzene rings is 2. The molecule has 1 fully saturated rings. The molecule has 3 amide bonds. The maximum atomic E-state index is 12.4. The SMILES string of the molecule is COc1ccccc1Oc1ccc(CN2C(=O)N[C@H](CCS(C)(=O)=O)C2=O)cc1. The minimum absolute atomic E-state index is 0.0611. The number of nitrogens with zero attached hydrogens (tertiary/aromatic N) is 1. The molecule has 9 heteroatoms. The highest BCUT2D eigenvalue weighted by molar-refractivity contribution is 7.90. The number of hydrogen-bond acceptors (Lipinski definition) is 6. The Morgan fingerprint density at radius 1 is 1.03 bits per heavy atom. The van der Waals surface area contributed by atoms with Crippen LogP contribution in [0, 0.1) is 0 Å². The smallest absolute Gasteiger partial charge is 0.325 e. The van der Waals surface area contributed by atoms with E-state index in [9.17, 15) is 18.0 Å². The van der Waals surface area contributed by atoms with Gasteiger partial charge in [-0.3, -0.25) is 9.69 Å². The largest absolute Gasteiger partial charge is 0.493 e. The first kappa shape index (κ1) is 20.7. The van der Waals surface area contributed by atoms with Gasteiger partial charge in [0.2, 0.25) is 0 Å². The zero-order chi connectivity index (χ0) is 21.0. The third-order valence-corrected chi connectivity index (χ3v) is 5.42. The average molecular weight is 418 g/mol. The van der Waals surface area contributed by atoms with Gasteiger partial charge in [0, 0.05) is 6.26 Å². The number of nitrogens with one attached hydrogen (secondary N) is 1. The van der Waals surface area contributed by atoms with E-state index in [1.165, 1.54) is 0 Å². The van der Waals surface area contributed by atoms with E-state index >= 15 is 0 Å². The van der Waals surface area contributed by atoms with Gasteiger partial charge in [0.15, 0.2) is 11.5 Å². The molecule has 0 aliphatic carbocycles. The number of carbonyl (C=O) groups is 2. The van der Waals surface area contributed by atoms with E-state index in [0.717, 1.165) is 16.7 Å². The molecule has 8 nitrogen and oxygen atoms in total. The molecule has 3 rings (SSSR count). The van der Waals surface area contributed by atoms with Crippen molar-refractivity contribution in [2.75, 3.05) is 19.1 Å². The minimum atomic E-state index is -3.21. The number of methoxy groups -OCH3 is 1. The summed E-state index contributed by atoms with van der Waals surface area (Å²) in [6.07, 6.45) is 1.16. The van der Waals surface area contributed by atoms with Crippen molar-refractivity contribution in [3.05, 3.63) is 54.1 Å². The Morgan fingerprint density at radius 2 is 1.69 bits per heavy atom. The number of amides is 3. The molecule has 29 heavy (non-hydrogen) atoms. The Balaban J connectivity index is 1.63. The van der Waals surface area contributed by atoms with Gasteiger partial charge >= 0.3 is 6.03 Å². The van der Waals surface area contributed by atoms with Crippen molar-refractivity contribution in [2.24, 2.45) is 0 Å². The maximum Gasteiger partial charge on any atom is 0.325 e. The van der Waals surface area contributed by atoms with Crippen LogP contribution in [0.5, 0.6) is 17.2 Å². The summed E-state index contributed by atoms with van der Waals surface area (Å²) in [4.78, 5) is 25.6. The summed E-state index contributed by atoms with van der Waals surface area (Å²) in [7, 11) is -1.65. The third-order valence-electron chi connectivity index (χ3n) is 4.45. The standard InChI is InChI=1S/C20H22N2O6S/c1-27-17-5-3-4-6-18(17)28-15-9-7-14(8-10-15)13-22-19(23)16(21-20(22)24)11-12-29(2,25)26/h3-10,16H,11-13H2,1-2H3,(H,21,24)/t16-/m1/s1. The van der Waals surface area contributed by atoms with Gasteiger partial charge in [0.1, 0.15) is 21.6 Å². The normalized spacial score (nSPS) is 16.6. The molecule has 2 aromatic carbocycles. The van der Waals surface area contributed by atoms with Crippen LogP contribution in [0.25, 0.3) is 0 Å². The fourth-order valence-corrected chi connectivity index (χ4v) is 3.59. The fraction of sp³-hybridized carbons (Fsp3) is 0.300. The lowest BCUT2D eigenvalue weighted by Gasteiger charge is -2.14. The number of para-hydroxylation sites is 2. The van der Waals surface area contributed by atoms with Crippen LogP contribution in [0.2, 0.25) is 0 Å². The molecule has 1 heterocycles. The molecule has 2 aromatic rings. The lowest BCUT2D eigenvalue weighted by Crippen LogP contribution is -2.32. The highest BCUT2D eigenvalue weighted by Crippen LogP contribution is 2.31. The number of carbonyl (C=O) groups excluding carboxylic acids is 2. The van der Waals surface area contributed by atoms with Crippen molar-refractivity contribution in [2.45, 2.75) is 19.0 Å².